The highest BCUT2D eigenvalue weighted by Crippen LogP contribution is 2.23. The summed E-state index contributed by atoms with van der Waals surface area (Å²) in [5.41, 5.74) is 8.10. The molecule has 3 aromatic rings. The van der Waals surface area contributed by atoms with Crippen LogP contribution in [0.2, 0.25) is 0 Å². The molecule has 0 aromatic heterocycles. The van der Waals surface area contributed by atoms with Crippen LogP contribution >= 0.6 is 0 Å². The molecule has 0 N–H and O–H groups in total. The van der Waals surface area contributed by atoms with Crippen LogP contribution in [-0.4, -0.2) is 12.6 Å². The van der Waals surface area contributed by atoms with Crippen molar-refractivity contribution in [2.24, 2.45) is 0 Å². The molecule has 0 aliphatic rings. The van der Waals surface area contributed by atoms with Gasteiger partial charge in [0.15, 0.2) is 0 Å². The van der Waals surface area contributed by atoms with E-state index in [1.807, 2.05) is 85.8 Å². The molecule has 3 aromatic carbocycles. The zero-order chi connectivity index (χ0) is 19.6. The molecule has 0 bridgehead atoms. The number of aryl methyl sites for hydroxylation is 1. The summed E-state index contributed by atoms with van der Waals surface area (Å²) in [4.78, 5) is 12.6. The van der Waals surface area contributed by atoms with E-state index in [4.69, 9.17) is 4.74 Å². The van der Waals surface area contributed by atoms with Crippen LogP contribution in [0.5, 0.6) is 0 Å². The summed E-state index contributed by atoms with van der Waals surface area (Å²) in [5, 5.41) is 0. The Bertz CT molecular complexity index is 910. The minimum atomic E-state index is -0.303. The number of benzene rings is 3. The Kier molecular flexibility index (Phi) is 7.01. The lowest BCUT2D eigenvalue weighted by atomic mass is 9.96. The van der Waals surface area contributed by atoms with Gasteiger partial charge in [-0.1, -0.05) is 91.0 Å². The van der Waals surface area contributed by atoms with Gasteiger partial charge in [0, 0.05) is 5.57 Å². The lowest BCUT2D eigenvalue weighted by Gasteiger charge is -2.09. The maximum Gasteiger partial charge on any atom is 0.341 e. The number of hydrogen-bond donors (Lipinski definition) is 0. The highest BCUT2D eigenvalue weighted by atomic mass is 16.5. The van der Waals surface area contributed by atoms with Crippen LogP contribution in [-0.2, 0) is 16.0 Å². The largest absolute Gasteiger partial charge is 0.462 e. The van der Waals surface area contributed by atoms with Gasteiger partial charge >= 0.3 is 5.97 Å². The van der Waals surface area contributed by atoms with Crippen molar-refractivity contribution in [3.8, 4) is 0 Å². The van der Waals surface area contributed by atoms with Crippen molar-refractivity contribution in [2.45, 2.75) is 19.8 Å². The second kappa shape index (κ2) is 10.1. The van der Waals surface area contributed by atoms with Gasteiger partial charge in [0.1, 0.15) is 0 Å². The molecule has 0 aliphatic carbocycles. The molecule has 28 heavy (non-hydrogen) atoms. The van der Waals surface area contributed by atoms with Gasteiger partial charge in [0.25, 0.3) is 0 Å². The van der Waals surface area contributed by atoms with E-state index >= 15 is 0 Å². The van der Waals surface area contributed by atoms with Crippen LogP contribution in [0.4, 0.5) is 0 Å². The van der Waals surface area contributed by atoms with Crippen LogP contribution in [0.3, 0.4) is 0 Å². The predicted octanol–water partition coefficient (Wildman–Crippen LogP) is 5.84. The van der Waals surface area contributed by atoms with Crippen LogP contribution < -0.4 is 0 Å². The average molecular weight is 368 g/mol. The van der Waals surface area contributed by atoms with Gasteiger partial charge in [-0.05, 0) is 36.5 Å². The SMILES string of the molecule is CCOC(=O)C(=C=C(c1ccccc1)c1ccccc1)CCc1ccccc1. The van der Waals surface area contributed by atoms with Gasteiger partial charge in [0.2, 0.25) is 0 Å². The van der Waals surface area contributed by atoms with E-state index in [-0.39, 0.29) is 5.97 Å². The Balaban J connectivity index is 2.07. The van der Waals surface area contributed by atoms with Gasteiger partial charge in [-0.25, -0.2) is 4.79 Å². The Hall–Kier alpha value is -3.35. The summed E-state index contributed by atoms with van der Waals surface area (Å²) in [6.07, 6.45) is 1.34. The molecule has 140 valence electrons. The summed E-state index contributed by atoms with van der Waals surface area (Å²) in [5.74, 6) is -0.303. The van der Waals surface area contributed by atoms with Crippen molar-refractivity contribution in [1.29, 1.82) is 0 Å². The Morgan fingerprint density at radius 3 is 1.79 bits per heavy atom. The average Bonchev–Trinajstić information content (AvgIpc) is 2.76. The summed E-state index contributed by atoms with van der Waals surface area (Å²) in [6, 6.07) is 30.3. The van der Waals surface area contributed by atoms with Crippen LogP contribution in [0.25, 0.3) is 5.57 Å². The number of carbonyl (C=O) groups is 1. The van der Waals surface area contributed by atoms with E-state index in [0.29, 0.717) is 18.6 Å². The molecule has 0 amide bonds. The summed E-state index contributed by atoms with van der Waals surface area (Å²) in [6.45, 7) is 2.17. The maximum absolute atomic E-state index is 12.6. The second-order valence-corrected chi connectivity index (χ2v) is 6.42. The molecule has 0 aliphatic heterocycles. The number of ether oxygens (including phenoxy) is 1. The lowest BCUT2D eigenvalue weighted by Crippen LogP contribution is -2.08. The smallest absolute Gasteiger partial charge is 0.341 e. The quantitative estimate of drug-likeness (QED) is 0.297. The van der Waals surface area contributed by atoms with E-state index in [9.17, 15) is 4.79 Å². The molecule has 3 rings (SSSR count). The Morgan fingerprint density at radius 2 is 1.29 bits per heavy atom. The molecule has 0 unspecified atom stereocenters. The van der Waals surface area contributed by atoms with E-state index in [1.165, 1.54) is 5.56 Å². The summed E-state index contributed by atoms with van der Waals surface area (Å²) in [7, 11) is 0. The molecule has 0 radical (unpaired) electrons. The highest BCUT2D eigenvalue weighted by molar-refractivity contribution is 5.91. The van der Waals surface area contributed by atoms with Crippen molar-refractivity contribution in [3.63, 3.8) is 0 Å². The number of esters is 1. The molecule has 0 saturated carbocycles. The molecule has 0 atom stereocenters. The van der Waals surface area contributed by atoms with Crippen molar-refractivity contribution in [3.05, 3.63) is 119 Å². The van der Waals surface area contributed by atoms with Crippen LogP contribution in [0.1, 0.15) is 30.0 Å². The van der Waals surface area contributed by atoms with Gasteiger partial charge in [-0.2, -0.15) is 0 Å². The van der Waals surface area contributed by atoms with Gasteiger partial charge in [-0.15, -0.1) is 5.73 Å². The fraction of sp³-hybridized carbons (Fsp3) is 0.154. The van der Waals surface area contributed by atoms with Gasteiger partial charge in [0.05, 0.1) is 12.2 Å². The zero-order valence-electron chi connectivity index (χ0n) is 16.1. The number of hydrogen-bond acceptors (Lipinski definition) is 2. The molecular formula is C26H24O2. The standard InChI is InChI=1S/C26H24O2/c1-2-28-26(27)24(19-18-21-12-6-3-7-13-21)20-25(22-14-8-4-9-15-22)23-16-10-5-11-17-23/h3-17H,2,18-19H2,1H3. The Labute approximate surface area is 166 Å². The van der Waals surface area contributed by atoms with E-state index in [0.717, 1.165) is 23.1 Å². The predicted molar refractivity (Wildman–Crippen MR) is 114 cm³/mol. The molecule has 0 spiro atoms. The topological polar surface area (TPSA) is 26.3 Å². The second-order valence-electron chi connectivity index (χ2n) is 6.42. The van der Waals surface area contributed by atoms with Crippen molar-refractivity contribution in [2.75, 3.05) is 6.61 Å². The fourth-order valence-corrected chi connectivity index (χ4v) is 3.02. The first-order valence-electron chi connectivity index (χ1n) is 9.59. The zero-order valence-corrected chi connectivity index (χ0v) is 16.1. The fourth-order valence-electron chi connectivity index (χ4n) is 3.02. The summed E-state index contributed by atoms with van der Waals surface area (Å²) < 4.78 is 5.31. The molecule has 0 heterocycles. The minimum Gasteiger partial charge on any atom is -0.462 e. The minimum absolute atomic E-state index is 0.303. The molecule has 0 fully saturated rings. The highest BCUT2D eigenvalue weighted by Gasteiger charge is 2.13. The first kappa shape index (κ1) is 19.4. The molecule has 2 nitrogen and oxygen atoms in total. The van der Waals surface area contributed by atoms with Crippen LogP contribution in [0.15, 0.2) is 102 Å². The summed E-state index contributed by atoms with van der Waals surface area (Å²) >= 11 is 0. The van der Waals surface area contributed by atoms with Gasteiger partial charge < -0.3 is 4.74 Å². The third kappa shape index (κ3) is 5.33. The number of carbonyl (C=O) groups excluding carboxylic acids is 1. The van der Waals surface area contributed by atoms with Crippen molar-refractivity contribution < 1.29 is 9.53 Å². The third-order valence-corrected chi connectivity index (χ3v) is 4.43. The Morgan fingerprint density at radius 1 is 0.786 bits per heavy atom. The first-order chi connectivity index (χ1) is 13.8. The molecule has 2 heteroatoms. The number of rotatable bonds is 7. The van der Waals surface area contributed by atoms with Gasteiger partial charge in [-0.3, -0.25) is 0 Å². The van der Waals surface area contributed by atoms with Crippen molar-refractivity contribution >= 4 is 11.5 Å². The normalized spacial score (nSPS) is 10.0. The van der Waals surface area contributed by atoms with Crippen molar-refractivity contribution in [1.82, 2.24) is 0 Å². The lowest BCUT2D eigenvalue weighted by molar-refractivity contribution is -0.138. The third-order valence-electron chi connectivity index (χ3n) is 4.43. The molecule has 0 saturated heterocycles. The van der Waals surface area contributed by atoms with E-state index in [1.54, 1.807) is 0 Å². The first-order valence-corrected chi connectivity index (χ1v) is 9.59. The maximum atomic E-state index is 12.6. The molecular weight excluding hydrogens is 344 g/mol. The monoisotopic (exact) mass is 368 g/mol. The van der Waals surface area contributed by atoms with Crippen LogP contribution in [0, 0.1) is 0 Å². The van der Waals surface area contributed by atoms with E-state index < -0.39 is 0 Å². The van der Waals surface area contributed by atoms with E-state index in [2.05, 4.69) is 17.9 Å².